The third-order valence-corrected chi connectivity index (χ3v) is 6.73. The average molecular weight is 360 g/mol. The lowest BCUT2D eigenvalue weighted by atomic mass is 9.72. The molecule has 0 unspecified atom stereocenters. The minimum absolute atomic E-state index is 0.0569. The SMILES string of the molecule is CCOCCN1CCN([C@H]2c3ccccc3C3(CCNCC3)[C@@H]2O)CC1. The van der Waals surface area contributed by atoms with Crippen molar-refractivity contribution in [2.75, 3.05) is 59.0 Å². The van der Waals surface area contributed by atoms with Gasteiger partial charge in [-0.2, -0.15) is 0 Å². The Hall–Kier alpha value is -0.980. The second-order valence-electron chi connectivity index (χ2n) is 7.96. The molecule has 5 nitrogen and oxygen atoms in total. The number of ether oxygens (including phenoxy) is 1. The Bertz CT molecular complexity index is 595. The van der Waals surface area contributed by atoms with Crippen molar-refractivity contribution in [2.45, 2.75) is 37.3 Å². The van der Waals surface area contributed by atoms with E-state index in [9.17, 15) is 5.11 Å². The fraction of sp³-hybridized carbons (Fsp3) is 0.714. The first kappa shape index (κ1) is 18.4. The van der Waals surface area contributed by atoms with Crippen LogP contribution in [-0.2, 0) is 10.2 Å². The molecule has 4 rings (SSSR count). The predicted molar refractivity (Wildman–Crippen MR) is 103 cm³/mol. The van der Waals surface area contributed by atoms with E-state index in [4.69, 9.17) is 4.74 Å². The molecule has 0 radical (unpaired) electrons. The maximum atomic E-state index is 11.5. The topological polar surface area (TPSA) is 48.0 Å². The zero-order chi connectivity index (χ0) is 18.0. The van der Waals surface area contributed by atoms with Crippen LogP contribution in [0.25, 0.3) is 0 Å². The van der Waals surface area contributed by atoms with Crippen molar-refractivity contribution in [1.29, 1.82) is 0 Å². The minimum Gasteiger partial charge on any atom is -0.390 e. The Morgan fingerprint density at radius 3 is 2.62 bits per heavy atom. The Morgan fingerprint density at radius 2 is 1.88 bits per heavy atom. The van der Waals surface area contributed by atoms with Gasteiger partial charge in [0.25, 0.3) is 0 Å². The monoisotopic (exact) mass is 359 g/mol. The summed E-state index contributed by atoms with van der Waals surface area (Å²) in [5, 5.41) is 14.9. The maximum Gasteiger partial charge on any atom is 0.0834 e. The van der Waals surface area contributed by atoms with E-state index < -0.39 is 0 Å². The highest BCUT2D eigenvalue weighted by Gasteiger charge is 2.53. The average Bonchev–Trinajstić information content (AvgIpc) is 2.92. The molecule has 0 saturated carbocycles. The van der Waals surface area contributed by atoms with Gasteiger partial charge in [0, 0.05) is 44.7 Å². The van der Waals surface area contributed by atoms with Gasteiger partial charge in [-0.05, 0) is 44.0 Å². The number of piperidine rings is 1. The van der Waals surface area contributed by atoms with Crippen molar-refractivity contribution in [3.63, 3.8) is 0 Å². The van der Waals surface area contributed by atoms with E-state index in [0.717, 1.165) is 71.9 Å². The summed E-state index contributed by atoms with van der Waals surface area (Å²) >= 11 is 0. The number of nitrogens with one attached hydrogen (secondary N) is 1. The molecule has 2 aliphatic heterocycles. The molecular weight excluding hydrogens is 326 g/mol. The van der Waals surface area contributed by atoms with E-state index in [2.05, 4.69) is 39.4 Å². The molecule has 144 valence electrons. The Balaban J connectivity index is 1.49. The quantitative estimate of drug-likeness (QED) is 0.778. The number of hydrogen-bond donors (Lipinski definition) is 2. The van der Waals surface area contributed by atoms with Crippen molar-refractivity contribution < 1.29 is 9.84 Å². The molecule has 2 heterocycles. The van der Waals surface area contributed by atoms with E-state index in [1.54, 1.807) is 0 Å². The standard InChI is InChI=1S/C21H33N3O2/c1-2-26-16-15-23-11-13-24(14-12-23)19-17-5-3-4-6-18(17)21(20(19)25)7-9-22-10-8-21/h3-6,19-20,22,25H,2,7-16H2,1H3/t19-,20+/m0/s1. The number of nitrogens with zero attached hydrogens (tertiary/aromatic N) is 2. The lowest BCUT2D eigenvalue weighted by molar-refractivity contribution is -0.0205. The molecule has 0 aromatic heterocycles. The lowest BCUT2D eigenvalue weighted by Gasteiger charge is -2.43. The minimum atomic E-state index is -0.294. The van der Waals surface area contributed by atoms with Crippen molar-refractivity contribution in [3.05, 3.63) is 35.4 Å². The summed E-state index contributed by atoms with van der Waals surface area (Å²) in [7, 11) is 0. The first-order valence-electron chi connectivity index (χ1n) is 10.3. The number of benzene rings is 1. The van der Waals surface area contributed by atoms with Crippen LogP contribution in [0.4, 0.5) is 0 Å². The summed E-state index contributed by atoms with van der Waals surface area (Å²) in [5.74, 6) is 0. The molecular formula is C21H33N3O2. The molecule has 1 aromatic rings. The molecule has 2 fully saturated rings. The van der Waals surface area contributed by atoms with Crippen molar-refractivity contribution in [2.24, 2.45) is 0 Å². The highest BCUT2D eigenvalue weighted by atomic mass is 16.5. The van der Waals surface area contributed by atoms with Crippen LogP contribution < -0.4 is 5.32 Å². The van der Waals surface area contributed by atoms with Crippen LogP contribution in [0.2, 0.25) is 0 Å². The summed E-state index contributed by atoms with van der Waals surface area (Å²) in [6, 6.07) is 8.95. The molecule has 5 heteroatoms. The Morgan fingerprint density at radius 1 is 1.15 bits per heavy atom. The number of rotatable bonds is 5. The fourth-order valence-corrected chi connectivity index (χ4v) is 5.28. The first-order chi connectivity index (χ1) is 12.8. The highest BCUT2D eigenvalue weighted by Crippen LogP contribution is 2.52. The van der Waals surface area contributed by atoms with E-state index in [1.807, 2.05) is 6.92 Å². The van der Waals surface area contributed by atoms with Crippen LogP contribution in [0.5, 0.6) is 0 Å². The second-order valence-corrected chi connectivity index (χ2v) is 7.96. The Labute approximate surface area is 157 Å². The van der Waals surface area contributed by atoms with Crippen LogP contribution in [0.3, 0.4) is 0 Å². The normalized spacial score (nSPS) is 29.2. The van der Waals surface area contributed by atoms with Gasteiger partial charge in [-0.3, -0.25) is 9.80 Å². The number of aliphatic hydroxyl groups excluding tert-OH is 1. The third-order valence-electron chi connectivity index (χ3n) is 6.73. The summed E-state index contributed by atoms with van der Waals surface area (Å²) in [6.07, 6.45) is 1.78. The summed E-state index contributed by atoms with van der Waals surface area (Å²) < 4.78 is 5.50. The second kappa shape index (κ2) is 7.95. The van der Waals surface area contributed by atoms with Gasteiger partial charge in [-0.25, -0.2) is 0 Å². The van der Waals surface area contributed by atoms with Gasteiger partial charge in [-0.15, -0.1) is 0 Å². The van der Waals surface area contributed by atoms with Crippen LogP contribution in [0.15, 0.2) is 24.3 Å². The largest absolute Gasteiger partial charge is 0.390 e. The van der Waals surface area contributed by atoms with Gasteiger partial charge in [0.1, 0.15) is 0 Å². The van der Waals surface area contributed by atoms with Gasteiger partial charge in [-0.1, -0.05) is 24.3 Å². The van der Waals surface area contributed by atoms with E-state index >= 15 is 0 Å². The molecule has 2 N–H and O–H groups in total. The molecule has 1 aliphatic carbocycles. The maximum absolute atomic E-state index is 11.5. The molecule has 2 atom stereocenters. The first-order valence-corrected chi connectivity index (χ1v) is 10.3. The van der Waals surface area contributed by atoms with Crippen LogP contribution in [-0.4, -0.2) is 80.0 Å². The van der Waals surface area contributed by atoms with Gasteiger partial charge >= 0.3 is 0 Å². The fourth-order valence-electron chi connectivity index (χ4n) is 5.28. The van der Waals surface area contributed by atoms with E-state index in [0.29, 0.717) is 0 Å². The highest BCUT2D eigenvalue weighted by molar-refractivity contribution is 5.45. The van der Waals surface area contributed by atoms with Crippen molar-refractivity contribution >= 4 is 0 Å². The Kier molecular flexibility index (Phi) is 5.62. The molecule has 26 heavy (non-hydrogen) atoms. The summed E-state index contributed by atoms with van der Waals surface area (Å²) in [4.78, 5) is 5.01. The molecule has 0 amide bonds. The van der Waals surface area contributed by atoms with E-state index in [-0.39, 0.29) is 17.6 Å². The van der Waals surface area contributed by atoms with Crippen LogP contribution in [0, 0.1) is 0 Å². The summed E-state index contributed by atoms with van der Waals surface area (Å²) in [5.41, 5.74) is 2.71. The van der Waals surface area contributed by atoms with Gasteiger partial charge < -0.3 is 15.2 Å². The summed E-state index contributed by atoms with van der Waals surface area (Å²) in [6.45, 7) is 10.9. The van der Waals surface area contributed by atoms with Crippen molar-refractivity contribution in [3.8, 4) is 0 Å². The van der Waals surface area contributed by atoms with E-state index in [1.165, 1.54) is 11.1 Å². The number of aliphatic hydroxyl groups is 1. The van der Waals surface area contributed by atoms with Crippen molar-refractivity contribution in [1.82, 2.24) is 15.1 Å². The zero-order valence-electron chi connectivity index (χ0n) is 16.0. The molecule has 2 saturated heterocycles. The molecule has 1 spiro atoms. The lowest BCUT2D eigenvalue weighted by Crippen LogP contribution is -2.53. The van der Waals surface area contributed by atoms with Gasteiger partial charge in [0.15, 0.2) is 0 Å². The third kappa shape index (κ3) is 3.20. The molecule has 3 aliphatic rings. The predicted octanol–water partition coefficient (Wildman–Crippen LogP) is 1.38. The van der Waals surface area contributed by atoms with Crippen LogP contribution in [0.1, 0.15) is 36.9 Å². The van der Waals surface area contributed by atoms with Crippen LogP contribution >= 0.6 is 0 Å². The van der Waals surface area contributed by atoms with Gasteiger partial charge in [0.05, 0.1) is 18.8 Å². The number of piperazine rings is 1. The number of hydrogen-bond acceptors (Lipinski definition) is 5. The van der Waals surface area contributed by atoms with Gasteiger partial charge in [0.2, 0.25) is 0 Å². The smallest absolute Gasteiger partial charge is 0.0834 e. The zero-order valence-corrected chi connectivity index (χ0v) is 16.0. The molecule has 1 aromatic carbocycles. The molecule has 0 bridgehead atoms. The number of fused-ring (bicyclic) bond motifs is 2.